The number of nitrogens with zero attached hydrogens (tertiary/aromatic N) is 4. The third-order valence-corrected chi connectivity index (χ3v) is 5.13. The van der Waals surface area contributed by atoms with E-state index in [1.54, 1.807) is 36.3 Å². The monoisotopic (exact) mass is 455 g/mol. The van der Waals surface area contributed by atoms with E-state index in [2.05, 4.69) is 25.7 Å². The predicted octanol–water partition coefficient (Wildman–Crippen LogP) is 1.69. The Kier molecular flexibility index (Phi) is 6.95. The number of pyridine rings is 1. The molecule has 0 atom stereocenters. The molecule has 12 heteroatoms. The number of ether oxygens (including phenoxy) is 2. The molecule has 4 rings (SSSR count). The molecule has 1 aliphatic heterocycles. The van der Waals surface area contributed by atoms with Gasteiger partial charge in [0.1, 0.15) is 12.1 Å². The fourth-order valence-corrected chi connectivity index (χ4v) is 3.44. The molecule has 2 amide bonds. The lowest BCUT2D eigenvalue weighted by Crippen LogP contribution is -2.21. The maximum absolute atomic E-state index is 12.8. The van der Waals surface area contributed by atoms with Gasteiger partial charge in [-0.1, -0.05) is 0 Å². The van der Waals surface area contributed by atoms with Crippen LogP contribution < -0.4 is 16.4 Å². The summed E-state index contributed by atoms with van der Waals surface area (Å²) in [4.78, 5) is 33.1. The lowest BCUT2D eigenvalue weighted by Gasteiger charge is -2.22. The molecule has 4 N–H and O–H groups in total. The number of methoxy groups -OCH3 is 1. The number of hydrogen-bond acceptors (Lipinski definition) is 9. The molecule has 4 heterocycles. The molecule has 0 aromatic carbocycles. The number of hydrogen-bond donors (Lipinski definition) is 3. The molecular formula is C21H25N7O5. The van der Waals surface area contributed by atoms with Gasteiger partial charge < -0.3 is 30.3 Å². The first kappa shape index (κ1) is 22.4. The van der Waals surface area contributed by atoms with Crippen molar-refractivity contribution in [3.63, 3.8) is 0 Å². The number of carbonyl (C=O) groups excluding carboxylic acids is 2. The largest absolute Gasteiger partial charge is 0.444 e. The minimum absolute atomic E-state index is 0.0144. The van der Waals surface area contributed by atoms with Crippen LogP contribution in [-0.2, 0) is 9.47 Å². The number of primary amides is 1. The molecule has 0 unspecified atom stereocenters. The smallest absolute Gasteiger partial charge is 0.277 e. The van der Waals surface area contributed by atoms with Gasteiger partial charge >= 0.3 is 0 Å². The highest BCUT2D eigenvalue weighted by Gasteiger charge is 2.23. The SMILES string of the molecule is COCCNc1cc(-c2nc(C(=O)Nc3cn(C4CCOCC4)nc3C(N)=O)co2)ccn1. The number of anilines is 2. The molecule has 3 aromatic rings. The number of carbonyl (C=O) groups is 2. The minimum Gasteiger partial charge on any atom is -0.444 e. The van der Waals surface area contributed by atoms with Gasteiger partial charge in [0.05, 0.1) is 18.3 Å². The van der Waals surface area contributed by atoms with Crippen LogP contribution in [0.25, 0.3) is 11.5 Å². The number of nitrogens with one attached hydrogen (secondary N) is 2. The maximum Gasteiger partial charge on any atom is 0.277 e. The molecule has 1 saturated heterocycles. The summed E-state index contributed by atoms with van der Waals surface area (Å²) < 4.78 is 17.5. The van der Waals surface area contributed by atoms with E-state index in [9.17, 15) is 9.59 Å². The number of nitrogens with two attached hydrogens (primary N) is 1. The summed E-state index contributed by atoms with van der Waals surface area (Å²) in [6.45, 7) is 2.35. The molecule has 0 bridgehead atoms. The summed E-state index contributed by atoms with van der Waals surface area (Å²) in [5, 5.41) is 10.1. The zero-order valence-corrected chi connectivity index (χ0v) is 18.1. The van der Waals surface area contributed by atoms with Gasteiger partial charge in [0.2, 0.25) is 5.89 Å². The Morgan fingerprint density at radius 2 is 2.15 bits per heavy atom. The number of oxazole rings is 1. The standard InChI is InChI=1S/C21H25N7O5/c1-31-9-6-24-17-10-13(2-5-23-17)21-26-16(12-33-21)20(30)25-15-11-28(27-18(15)19(22)29)14-3-7-32-8-4-14/h2,5,10-12,14H,3-4,6-9H2,1H3,(H2,22,29)(H,23,24)(H,25,30). The second-order valence-corrected chi connectivity index (χ2v) is 7.42. The van der Waals surface area contributed by atoms with Gasteiger partial charge in [-0.25, -0.2) is 9.97 Å². The van der Waals surface area contributed by atoms with Crippen LogP contribution in [0.3, 0.4) is 0 Å². The average Bonchev–Trinajstić information content (AvgIpc) is 3.48. The van der Waals surface area contributed by atoms with Crippen molar-refractivity contribution >= 4 is 23.3 Å². The van der Waals surface area contributed by atoms with Crippen molar-refractivity contribution in [2.24, 2.45) is 5.73 Å². The van der Waals surface area contributed by atoms with Crippen molar-refractivity contribution in [2.75, 3.05) is 44.1 Å². The Morgan fingerprint density at radius 3 is 2.91 bits per heavy atom. The van der Waals surface area contributed by atoms with Crippen molar-refractivity contribution in [3.05, 3.63) is 42.2 Å². The molecule has 3 aromatic heterocycles. The highest BCUT2D eigenvalue weighted by Crippen LogP contribution is 2.25. The Hall–Kier alpha value is -3.77. The topological polar surface area (TPSA) is 159 Å². The Bertz CT molecular complexity index is 1120. The van der Waals surface area contributed by atoms with Crippen molar-refractivity contribution in [1.29, 1.82) is 0 Å². The number of aromatic nitrogens is 4. The zero-order valence-electron chi connectivity index (χ0n) is 18.1. The average molecular weight is 455 g/mol. The predicted molar refractivity (Wildman–Crippen MR) is 118 cm³/mol. The van der Waals surface area contributed by atoms with Crippen LogP contribution >= 0.6 is 0 Å². The Balaban J connectivity index is 1.48. The van der Waals surface area contributed by atoms with Crippen molar-refractivity contribution in [1.82, 2.24) is 19.7 Å². The van der Waals surface area contributed by atoms with Gasteiger partial charge in [0.25, 0.3) is 11.8 Å². The molecule has 0 aliphatic carbocycles. The summed E-state index contributed by atoms with van der Waals surface area (Å²) in [6, 6.07) is 3.55. The van der Waals surface area contributed by atoms with Crippen LogP contribution in [0, 0.1) is 0 Å². The first-order chi connectivity index (χ1) is 16.0. The molecule has 0 spiro atoms. The summed E-state index contributed by atoms with van der Waals surface area (Å²) >= 11 is 0. The molecule has 0 radical (unpaired) electrons. The lowest BCUT2D eigenvalue weighted by molar-refractivity contribution is 0.0661. The molecule has 0 saturated carbocycles. The third-order valence-electron chi connectivity index (χ3n) is 5.13. The quantitative estimate of drug-likeness (QED) is 0.408. The van der Waals surface area contributed by atoms with Crippen LogP contribution in [0.15, 0.2) is 35.2 Å². The van der Waals surface area contributed by atoms with E-state index in [4.69, 9.17) is 19.6 Å². The first-order valence-electron chi connectivity index (χ1n) is 10.5. The molecule has 1 aliphatic rings. The minimum atomic E-state index is -0.734. The molecule has 12 nitrogen and oxygen atoms in total. The number of amides is 2. The third kappa shape index (κ3) is 5.35. The van der Waals surface area contributed by atoms with E-state index in [1.165, 1.54) is 6.26 Å². The summed E-state index contributed by atoms with van der Waals surface area (Å²) in [5.41, 5.74) is 6.36. The summed E-state index contributed by atoms with van der Waals surface area (Å²) in [6.07, 6.45) is 5.98. The lowest BCUT2D eigenvalue weighted by atomic mass is 10.1. The van der Waals surface area contributed by atoms with Crippen LogP contribution in [0.2, 0.25) is 0 Å². The molecule has 174 valence electrons. The fourth-order valence-electron chi connectivity index (χ4n) is 3.44. The van der Waals surface area contributed by atoms with E-state index < -0.39 is 11.8 Å². The highest BCUT2D eigenvalue weighted by atomic mass is 16.5. The summed E-state index contributed by atoms with van der Waals surface area (Å²) in [5.74, 6) is -0.403. The van der Waals surface area contributed by atoms with Crippen LogP contribution in [0.1, 0.15) is 39.9 Å². The normalized spacial score (nSPS) is 14.2. The number of rotatable bonds is 9. The summed E-state index contributed by atoms with van der Waals surface area (Å²) in [7, 11) is 1.62. The van der Waals surface area contributed by atoms with E-state index in [1.807, 2.05) is 0 Å². The van der Waals surface area contributed by atoms with E-state index in [0.717, 1.165) is 12.8 Å². The van der Waals surface area contributed by atoms with Crippen molar-refractivity contribution in [3.8, 4) is 11.5 Å². The van der Waals surface area contributed by atoms with Gasteiger partial charge in [-0.2, -0.15) is 5.10 Å². The van der Waals surface area contributed by atoms with Gasteiger partial charge in [-0.05, 0) is 25.0 Å². The molecular weight excluding hydrogens is 430 g/mol. The van der Waals surface area contributed by atoms with Gasteiger partial charge in [0.15, 0.2) is 11.4 Å². The molecule has 1 fully saturated rings. The highest BCUT2D eigenvalue weighted by molar-refractivity contribution is 6.07. The Morgan fingerprint density at radius 1 is 1.33 bits per heavy atom. The first-order valence-corrected chi connectivity index (χ1v) is 10.5. The van der Waals surface area contributed by atoms with Gasteiger partial charge in [-0.3, -0.25) is 14.3 Å². The molecule has 33 heavy (non-hydrogen) atoms. The van der Waals surface area contributed by atoms with Crippen LogP contribution in [0.4, 0.5) is 11.5 Å². The zero-order chi connectivity index (χ0) is 23.2. The van der Waals surface area contributed by atoms with Crippen molar-refractivity contribution in [2.45, 2.75) is 18.9 Å². The maximum atomic E-state index is 12.8. The van der Waals surface area contributed by atoms with E-state index in [-0.39, 0.29) is 29.0 Å². The van der Waals surface area contributed by atoms with Gasteiger partial charge in [0, 0.05) is 44.8 Å². The van der Waals surface area contributed by atoms with Gasteiger partial charge in [-0.15, -0.1) is 0 Å². The Labute approximate surface area is 189 Å². The second-order valence-electron chi connectivity index (χ2n) is 7.42. The van der Waals surface area contributed by atoms with E-state index >= 15 is 0 Å². The van der Waals surface area contributed by atoms with Crippen LogP contribution in [0.5, 0.6) is 0 Å². The van der Waals surface area contributed by atoms with Crippen molar-refractivity contribution < 1.29 is 23.5 Å². The fraction of sp³-hybridized carbons (Fsp3) is 0.381. The van der Waals surface area contributed by atoms with Crippen LogP contribution in [-0.4, -0.2) is 65.0 Å². The second kappa shape index (κ2) is 10.2. The van der Waals surface area contributed by atoms with E-state index in [0.29, 0.717) is 37.7 Å².